The third kappa shape index (κ3) is 2.49. The molecule has 0 radical (unpaired) electrons. The van der Waals surface area contributed by atoms with Crippen LogP contribution in [-0.2, 0) is 0 Å². The van der Waals surface area contributed by atoms with E-state index in [1.807, 2.05) is 4.90 Å². The number of piperazine rings is 1. The first kappa shape index (κ1) is 12.1. The van der Waals surface area contributed by atoms with Gasteiger partial charge in [0.1, 0.15) is 11.3 Å². The van der Waals surface area contributed by atoms with Gasteiger partial charge in [-0.3, -0.25) is 9.69 Å². The quantitative estimate of drug-likeness (QED) is 0.774. The number of rotatable bonds is 2. The summed E-state index contributed by atoms with van der Waals surface area (Å²) in [6, 6.07) is 0.546. The molecule has 2 rings (SSSR count). The summed E-state index contributed by atoms with van der Waals surface area (Å²) >= 11 is 0. The molecule has 1 amide bonds. The molecule has 0 N–H and O–H groups in total. The number of carbonyl (C=O) groups excluding carboxylic acids is 1. The first-order valence-electron chi connectivity index (χ1n) is 6.04. The minimum Gasteiger partial charge on any atom is -0.361 e. The van der Waals surface area contributed by atoms with Crippen LogP contribution in [0.5, 0.6) is 0 Å². The first-order valence-corrected chi connectivity index (χ1v) is 6.04. The first-order chi connectivity index (χ1) is 8.09. The fraction of sp³-hybridized carbons (Fsp3) is 0.667. The average molecular weight is 237 g/mol. The van der Waals surface area contributed by atoms with Gasteiger partial charge in [0.05, 0.1) is 6.20 Å². The monoisotopic (exact) mass is 237 g/mol. The Morgan fingerprint density at radius 1 is 1.35 bits per heavy atom. The molecule has 5 nitrogen and oxygen atoms in total. The summed E-state index contributed by atoms with van der Waals surface area (Å²) in [7, 11) is 0. The van der Waals surface area contributed by atoms with Crippen LogP contribution in [-0.4, -0.2) is 53.1 Å². The van der Waals surface area contributed by atoms with Crippen LogP contribution in [0.4, 0.5) is 0 Å². The van der Waals surface area contributed by atoms with E-state index < -0.39 is 0 Å². The predicted octanol–water partition coefficient (Wildman–Crippen LogP) is 1.15. The molecule has 1 aliphatic rings. The van der Waals surface area contributed by atoms with Gasteiger partial charge in [0, 0.05) is 32.2 Å². The standard InChI is InChI=1S/C12H19N3O2/c1-9(2)14-4-6-15(7-5-14)12(16)11-8-13-17-10(11)3/h8-9H,4-7H2,1-3H3. The second kappa shape index (κ2) is 4.87. The smallest absolute Gasteiger partial charge is 0.259 e. The fourth-order valence-corrected chi connectivity index (χ4v) is 2.12. The molecule has 1 aliphatic heterocycles. The van der Waals surface area contributed by atoms with Crippen molar-refractivity contribution in [2.75, 3.05) is 26.2 Å². The molecular weight excluding hydrogens is 218 g/mol. The lowest BCUT2D eigenvalue weighted by Gasteiger charge is -2.36. The van der Waals surface area contributed by atoms with Gasteiger partial charge in [-0.15, -0.1) is 0 Å². The maximum absolute atomic E-state index is 12.2. The lowest BCUT2D eigenvalue weighted by Crippen LogP contribution is -2.50. The van der Waals surface area contributed by atoms with Crippen molar-refractivity contribution in [3.05, 3.63) is 17.5 Å². The van der Waals surface area contributed by atoms with Crippen molar-refractivity contribution in [2.45, 2.75) is 26.8 Å². The van der Waals surface area contributed by atoms with Crippen LogP contribution < -0.4 is 0 Å². The summed E-state index contributed by atoms with van der Waals surface area (Å²) in [4.78, 5) is 16.4. The van der Waals surface area contributed by atoms with E-state index in [2.05, 4.69) is 23.9 Å². The Labute approximate surface area is 101 Å². The van der Waals surface area contributed by atoms with Gasteiger partial charge in [-0.1, -0.05) is 5.16 Å². The summed E-state index contributed by atoms with van der Waals surface area (Å²) in [6.45, 7) is 9.57. The van der Waals surface area contributed by atoms with Crippen LogP contribution in [0.3, 0.4) is 0 Å². The molecule has 5 heteroatoms. The van der Waals surface area contributed by atoms with Gasteiger partial charge in [-0.2, -0.15) is 0 Å². The number of hydrogen-bond donors (Lipinski definition) is 0. The van der Waals surface area contributed by atoms with E-state index in [4.69, 9.17) is 4.52 Å². The Hall–Kier alpha value is -1.36. The molecule has 0 spiro atoms. The normalized spacial score (nSPS) is 17.8. The molecule has 1 fully saturated rings. The predicted molar refractivity (Wildman–Crippen MR) is 63.9 cm³/mol. The molecule has 0 aromatic carbocycles. The maximum atomic E-state index is 12.2. The molecule has 0 saturated carbocycles. The lowest BCUT2D eigenvalue weighted by molar-refractivity contribution is 0.0594. The SMILES string of the molecule is Cc1oncc1C(=O)N1CCN(C(C)C)CC1. The van der Waals surface area contributed by atoms with Gasteiger partial charge in [0.25, 0.3) is 5.91 Å². The van der Waals surface area contributed by atoms with Crippen LogP contribution >= 0.6 is 0 Å². The highest BCUT2D eigenvalue weighted by Gasteiger charge is 2.25. The van der Waals surface area contributed by atoms with Crippen LogP contribution in [0.2, 0.25) is 0 Å². The highest BCUT2D eigenvalue weighted by molar-refractivity contribution is 5.94. The van der Waals surface area contributed by atoms with Crippen molar-refractivity contribution < 1.29 is 9.32 Å². The number of aromatic nitrogens is 1. The van der Waals surface area contributed by atoms with Crippen LogP contribution in [0.25, 0.3) is 0 Å². The maximum Gasteiger partial charge on any atom is 0.259 e. The molecule has 17 heavy (non-hydrogen) atoms. The molecule has 0 bridgehead atoms. The molecular formula is C12H19N3O2. The third-order valence-corrected chi connectivity index (χ3v) is 3.31. The van der Waals surface area contributed by atoms with E-state index in [1.165, 1.54) is 6.20 Å². The number of amides is 1. The Bertz CT molecular complexity index is 392. The molecule has 0 unspecified atom stereocenters. The van der Waals surface area contributed by atoms with Crippen molar-refractivity contribution in [3.8, 4) is 0 Å². The average Bonchev–Trinajstić information content (AvgIpc) is 2.74. The molecule has 2 heterocycles. The fourth-order valence-electron chi connectivity index (χ4n) is 2.12. The molecule has 94 valence electrons. The van der Waals surface area contributed by atoms with Gasteiger partial charge in [-0.25, -0.2) is 0 Å². The number of hydrogen-bond acceptors (Lipinski definition) is 4. The number of nitrogens with zero attached hydrogens (tertiary/aromatic N) is 3. The number of carbonyl (C=O) groups is 1. The van der Waals surface area contributed by atoms with Crippen LogP contribution in [0, 0.1) is 6.92 Å². The van der Waals surface area contributed by atoms with Gasteiger partial charge >= 0.3 is 0 Å². The largest absolute Gasteiger partial charge is 0.361 e. The van der Waals surface area contributed by atoms with Crippen molar-refractivity contribution in [3.63, 3.8) is 0 Å². The zero-order valence-corrected chi connectivity index (χ0v) is 10.6. The van der Waals surface area contributed by atoms with Gasteiger partial charge in [-0.05, 0) is 20.8 Å². The molecule has 1 saturated heterocycles. The zero-order chi connectivity index (χ0) is 12.4. The molecule has 1 aromatic heterocycles. The Kier molecular flexibility index (Phi) is 3.47. The van der Waals surface area contributed by atoms with Crippen molar-refractivity contribution in [2.24, 2.45) is 0 Å². The van der Waals surface area contributed by atoms with Crippen molar-refractivity contribution in [1.82, 2.24) is 15.0 Å². The second-order valence-electron chi connectivity index (χ2n) is 4.72. The Balaban J connectivity index is 1.98. The lowest BCUT2D eigenvalue weighted by atomic mass is 10.2. The van der Waals surface area contributed by atoms with E-state index in [-0.39, 0.29) is 5.91 Å². The van der Waals surface area contributed by atoms with Crippen molar-refractivity contribution >= 4 is 5.91 Å². The van der Waals surface area contributed by atoms with Gasteiger partial charge < -0.3 is 9.42 Å². The highest BCUT2D eigenvalue weighted by Crippen LogP contribution is 2.13. The van der Waals surface area contributed by atoms with Gasteiger partial charge in [0.2, 0.25) is 0 Å². The van der Waals surface area contributed by atoms with E-state index >= 15 is 0 Å². The summed E-state index contributed by atoms with van der Waals surface area (Å²) in [5, 5.41) is 3.65. The molecule has 0 aliphatic carbocycles. The summed E-state index contributed by atoms with van der Waals surface area (Å²) in [5.41, 5.74) is 0.586. The van der Waals surface area contributed by atoms with Gasteiger partial charge in [0.15, 0.2) is 0 Å². The zero-order valence-electron chi connectivity index (χ0n) is 10.6. The minimum atomic E-state index is 0.0344. The second-order valence-corrected chi connectivity index (χ2v) is 4.72. The summed E-state index contributed by atoms with van der Waals surface area (Å²) in [5.74, 6) is 0.633. The molecule has 0 atom stereocenters. The van der Waals surface area contributed by atoms with Crippen LogP contribution in [0.1, 0.15) is 30.0 Å². The molecule has 1 aromatic rings. The number of aryl methyl sites for hydroxylation is 1. The van der Waals surface area contributed by atoms with E-state index in [9.17, 15) is 4.79 Å². The Morgan fingerprint density at radius 2 is 2.00 bits per heavy atom. The Morgan fingerprint density at radius 3 is 2.47 bits per heavy atom. The van der Waals surface area contributed by atoms with Crippen LogP contribution in [0.15, 0.2) is 10.7 Å². The minimum absolute atomic E-state index is 0.0344. The summed E-state index contributed by atoms with van der Waals surface area (Å²) < 4.78 is 4.93. The third-order valence-electron chi connectivity index (χ3n) is 3.31. The topological polar surface area (TPSA) is 49.6 Å². The van der Waals surface area contributed by atoms with E-state index in [0.29, 0.717) is 17.4 Å². The summed E-state index contributed by atoms with van der Waals surface area (Å²) in [6.07, 6.45) is 1.51. The highest BCUT2D eigenvalue weighted by atomic mass is 16.5. The van der Waals surface area contributed by atoms with E-state index in [1.54, 1.807) is 6.92 Å². The van der Waals surface area contributed by atoms with Crippen molar-refractivity contribution in [1.29, 1.82) is 0 Å². The van der Waals surface area contributed by atoms with E-state index in [0.717, 1.165) is 26.2 Å².